The summed E-state index contributed by atoms with van der Waals surface area (Å²) in [5, 5.41) is 23.5. The summed E-state index contributed by atoms with van der Waals surface area (Å²) < 4.78 is 38.5. The van der Waals surface area contributed by atoms with Gasteiger partial charge in [0.1, 0.15) is 16.3 Å². The average Bonchev–Trinajstić information content (AvgIpc) is 2.87. The van der Waals surface area contributed by atoms with Crippen LogP contribution >= 0.6 is 23.2 Å². The lowest BCUT2D eigenvalue weighted by atomic mass is 10.0. The van der Waals surface area contributed by atoms with Gasteiger partial charge in [0.2, 0.25) is 0 Å². The van der Waals surface area contributed by atoms with Crippen LogP contribution in [-0.2, 0) is 16.5 Å². The number of nitrogens with zero attached hydrogens (tertiary/aromatic N) is 2. The predicted molar refractivity (Wildman–Crippen MR) is 146 cm³/mol. The monoisotopic (exact) mass is 573 g/mol. The van der Waals surface area contributed by atoms with Crippen LogP contribution in [0.15, 0.2) is 75.8 Å². The molecule has 0 aliphatic rings. The van der Waals surface area contributed by atoms with Gasteiger partial charge in [0.15, 0.2) is 5.75 Å². The third kappa shape index (κ3) is 5.58. The highest BCUT2D eigenvalue weighted by Gasteiger charge is 2.21. The quantitative estimate of drug-likeness (QED) is 0.156. The number of carbonyl (C=O) groups is 1. The largest absolute Gasteiger partial charge is 0.505 e. The zero-order chi connectivity index (χ0) is 27.6. The summed E-state index contributed by atoms with van der Waals surface area (Å²) in [6, 6.07) is 15.6. The molecule has 0 saturated carbocycles. The molecular formula is C26H21Cl2N3O6S. The molecule has 4 aromatic rings. The number of hydrogen-bond acceptors (Lipinski definition) is 7. The first-order chi connectivity index (χ1) is 18.0. The maximum atomic E-state index is 13.1. The van der Waals surface area contributed by atoms with Crippen LogP contribution in [0, 0.1) is 0 Å². The molecule has 4 aromatic carbocycles. The number of benzene rings is 4. The molecule has 9 nitrogen and oxygen atoms in total. The Morgan fingerprint density at radius 2 is 1.79 bits per heavy atom. The number of methoxy groups -OCH3 is 1. The normalized spacial score (nSPS) is 11.7. The lowest BCUT2D eigenvalue weighted by Gasteiger charge is -2.12. The van der Waals surface area contributed by atoms with Crippen molar-refractivity contribution in [2.75, 3.05) is 12.4 Å². The Hall–Kier alpha value is -3.70. The van der Waals surface area contributed by atoms with E-state index in [0.29, 0.717) is 27.2 Å². The van der Waals surface area contributed by atoms with Crippen molar-refractivity contribution >= 4 is 67.1 Å². The molecule has 0 fully saturated rings. The number of fused-ring (bicyclic) bond motifs is 1. The molecule has 38 heavy (non-hydrogen) atoms. The second-order valence-electron chi connectivity index (χ2n) is 8.08. The number of aromatic hydroxyl groups is 1. The van der Waals surface area contributed by atoms with Crippen LogP contribution in [0.5, 0.6) is 11.5 Å². The lowest BCUT2D eigenvalue weighted by molar-refractivity contribution is 0.102. The van der Waals surface area contributed by atoms with Crippen molar-refractivity contribution in [1.29, 1.82) is 0 Å². The van der Waals surface area contributed by atoms with Crippen molar-refractivity contribution in [3.05, 3.63) is 81.8 Å². The molecule has 0 atom stereocenters. The summed E-state index contributed by atoms with van der Waals surface area (Å²) in [6.07, 6.45) is 0.195. The van der Waals surface area contributed by atoms with E-state index in [1.54, 1.807) is 43.3 Å². The zero-order valence-electron chi connectivity index (χ0n) is 20.1. The standard InChI is InChI=1S/C26H21Cl2N3O6S/c1-3-17-21(11-15(27)12-23(17)38(34,35)36)30-31-24-18-7-5-4-6-14(18)10-19(25(24)32)26(33)29-16-8-9-22(37-2)20(28)13-16/h4-13,32H,3H2,1-2H3,(H,29,33)(H,34,35,36). The van der Waals surface area contributed by atoms with Crippen molar-refractivity contribution in [3.63, 3.8) is 0 Å². The topological polar surface area (TPSA) is 138 Å². The van der Waals surface area contributed by atoms with Crippen molar-refractivity contribution in [2.45, 2.75) is 18.2 Å². The number of amides is 1. The zero-order valence-corrected chi connectivity index (χ0v) is 22.4. The number of phenols is 1. The van der Waals surface area contributed by atoms with Crippen molar-refractivity contribution < 1.29 is 27.6 Å². The highest BCUT2D eigenvalue weighted by atomic mass is 35.5. The van der Waals surface area contributed by atoms with Gasteiger partial charge in [-0.05, 0) is 48.2 Å². The molecule has 0 radical (unpaired) electrons. The molecule has 196 valence electrons. The van der Waals surface area contributed by atoms with Crippen molar-refractivity contribution in [3.8, 4) is 11.5 Å². The van der Waals surface area contributed by atoms with E-state index in [1.807, 2.05) is 0 Å². The summed E-state index contributed by atoms with van der Waals surface area (Å²) in [4.78, 5) is 12.8. The molecule has 0 heterocycles. The summed E-state index contributed by atoms with van der Waals surface area (Å²) in [6.45, 7) is 1.68. The van der Waals surface area contributed by atoms with Crippen LogP contribution in [0.25, 0.3) is 10.8 Å². The van der Waals surface area contributed by atoms with Crippen LogP contribution in [-0.4, -0.2) is 31.1 Å². The van der Waals surface area contributed by atoms with Gasteiger partial charge in [-0.2, -0.15) is 13.5 Å². The van der Waals surface area contributed by atoms with Gasteiger partial charge in [-0.3, -0.25) is 9.35 Å². The van der Waals surface area contributed by atoms with Gasteiger partial charge in [0.05, 0.1) is 23.4 Å². The Balaban J connectivity index is 1.82. The number of halogens is 2. The molecule has 0 bridgehead atoms. The van der Waals surface area contributed by atoms with E-state index in [0.717, 1.165) is 6.07 Å². The molecule has 12 heteroatoms. The van der Waals surface area contributed by atoms with E-state index in [1.165, 1.54) is 25.3 Å². The highest BCUT2D eigenvalue weighted by Crippen LogP contribution is 2.41. The second-order valence-corrected chi connectivity index (χ2v) is 10.3. The lowest BCUT2D eigenvalue weighted by Crippen LogP contribution is -2.12. The third-order valence-electron chi connectivity index (χ3n) is 5.69. The second kappa shape index (κ2) is 11.0. The minimum Gasteiger partial charge on any atom is -0.505 e. The first-order valence-corrected chi connectivity index (χ1v) is 13.3. The van der Waals surface area contributed by atoms with Gasteiger partial charge in [-0.25, -0.2) is 0 Å². The van der Waals surface area contributed by atoms with Crippen LogP contribution < -0.4 is 10.1 Å². The van der Waals surface area contributed by atoms with Gasteiger partial charge in [0.25, 0.3) is 16.0 Å². The van der Waals surface area contributed by atoms with E-state index in [9.17, 15) is 22.9 Å². The first kappa shape index (κ1) is 27.3. The molecule has 0 aromatic heterocycles. The third-order valence-corrected chi connectivity index (χ3v) is 7.12. The van der Waals surface area contributed by atoms with Crippen LogP contribution in [0.3, 0.4) is 0 Å². The molecule has 0 aliphatic carbocycles. The number of phenolic OH excluding ortho intramolecular Hbond substituents is 1. The Kier molecular flexibility index (Phi) is 7.89. The summed E-state index contributed by atoms with van der Waals surface area (Å²) in [7, 11) is -3.11. The molecule has 0 saturated heterocycles. The number of ether oxygens (including phenoxy) is 1. The SMILES string of the molecule is CCc1c(N=Nc2c(O)c(C(=O)Nc3ccc(OC)c(Cl)c3)cc3ccccc23)cc(Cl)cc1S(=O)(=O)O. The molecule has 3 N–H and O–H groups in total. The number of azo groups is 1. The van der Waals surface area contributed by atoms with E-state index < -0.39 is 21.8 Å². The van der Waals surface area contributed by atoms with Gasteiger partial charge < -0.3 is 15.2 Å². The summed E-state index contributed by atoms with van der Waals surface area (Å²) >= 11 is 12.2. The Bertz CT molecular complexity index is 1710. The first-order valence-electron chi connectivity index (χ1n) is 11.1. The Morgan fingerprint density at radius 1 is 1.05 bits per heavy atom. The number of rotatable bonds is 7. The molecule has 1 amide bonds. The summed E-state index contributed by atoms with van der Waals surface area (Å²) in [5.74, 6) is -0.637. The van der Waals surface area contributed by atoms with E-state index >= 15 is 0 Å². The van der Waals surface area contributed by atoms with Crippen LogP contribution in [0.2, 0.25) is 10.0 Å². The van der Waals surface area contributed by atoms with Gasteiger partial charge in [-0.15, -0.1) is 5.11 Å². The minimum atomic E-state index is -4.58. The fraction of sp³-hybridized carbons (Fsp3) is 0.115. The molecule has 0 aliphatic heterocycles. The number of carbonyl (C=O) groups excluding carboxylic acids is 1. The van der Waals surface area contributed by atoms with Gasteiger partial charge >= 0.3 is 0 Å². The Labute approximate surface area is 228 Å². The number of anilines is 1. The van der Waals surface area contributed by atoms with E-state index in [2.05, 4.69) is 15.5 Å². The van der Waals surface area contributed by atoms with E-state index in [4.69, 9.17) is 27.9 Å². The highest BCUT2D eigenvalue weighted by molar-refractivity contribution is 7.85. The molecular weight excluding hydrogens is 553 g/mol. The molecule has 0 unspecified atom stereocenters. The van der Waals surface area contributed by atoms with E-state index in [-0.39, 0.29) is 38.8 Å². The Morgan fingerprint density at radius 3 is 2.45 bits per heavy atom. The minimum absolute atomic E-state index is 0.0172. The average molecular weight is 574 g/mol. The predicted octanol–water partition coefficient (Wildman–Crippen LogP) is 7.34. The molecule has 4 rings (SSSR count). The molecule has 0 spiro atoms. The van der Waals surface area contributed by atoms with Crippen molar-refractivity contribution in [1.82, 2.24) is 0 Å². The van der Waals surface area contributed by atoms with Gasteiger partial charge in [0, 0.05) is 21.7 Å². The van der Waals surface area contributed by atoms with Crippen LogP contribution in [0.1, 0.15) is 22.8 Å². The van der Waals surface area contributed by atoms with Gasteiger partial charge in [-0.1, -0.05) is 54.4 Å². The van der Waals surface area contributed by atoms with Crippen molar-refractivity contribution in [2.24, 2.45) is 10.2 Å². The maximum Gasteiger partial charge on any atom is 0.294 e. The fourth-order valence-electron chi connectivity index (χ4n) is 3.91. The maximum absolute atomic E-state index is 13.1. The van der Waals surface area contributed by atoms with Crippen LogP contribution in [0.4, 0.5) is 17.1 Å². The smallest absolute Gasteiger partial charge is 0.294 e. The summed E-state index contributed by atoms with van der Waals surface area (Å²) in [5.41, 5.74) is 0.552. The fourth-order valence-corrected chi connectivity index (χ4v) is 5.28. The number of hydrogen-bond donors (Lipinski definition) is 3. The number of nitrogens with one attached hydrogen (secondary N) is 1.